The van der Waals surface area contributed by atoms with Crippen LogP contribution in [0.3, 0.4) is 0 Å². The first-order chi connectivity index (χ1) is 16.0. The van der Waals surface area contributed by atoms with Crippen LogP contribution >= 0.6 is 15.9 Å². The van der Waals surface area contributed by atoms with E-state index >= 15 is 0 Å². The van der Waals surface area contributed by atoms with Gasteiger partial charge in [-0.15, -0.1) is 0 Å². The molecule has 2 N–H and O–H groups in total. The van der Waals surface area contributed by atoms with Crippen LogP contribution in [-0.2, 0) is 16.8 Å². The molecule has 34 heavy (non-hydrogen) atoms. The number of nitrogens with zero attached hydrogens (tertiary/aromatic N) is 4. The maximum Gasteiger partial charge on any atom is 0.316 e. The molecule has 2 heterocycles. The molecule has 0 saturated carbocycles. The number of carbonyl (C=O) groups excluding carboxylic acids is 2. The van der Waals surface area contributed by atoms with E-state index in [1.165, 1.54) is 5.56 Å². The second-order valence-corrected chi connectivity index (χ2v) is 9.62. The zero-order valence-corrected chi connectivity index (χ0v) is 21.5. The zero-order valence-electron chi connectivity index (χ0n) is 19.9. The predicted molar refractivity (Wildman–Crippen MR) is 129 cm³/mol. The van der Waals surface area contributed by atoms with Crippen LogP contribution in [0, 0.1) is 13.8 Å². The largest absolute Gasteiger partial charge is 0.484 e. The molecule has 182 valence electrons. The van der Waals surface area contributed by atoms with E-state index in [0.717, 1.165) is 15.9 Å². The summed E-state index contributed by atoms with van der Waals surface area (Å²) in [6.07, 6.45) is 0. The Morgan fingerprint density at radius 3 is 2.41 bits per heavy atom. The minimum atomic E-state index is -0.516. The van der Waals surface area contributed by atoms with Crippen LogP contribution in [0.5, 0.6) is 5.75 Å². The highest BCUT2D eigenvalue weighted by Crippen LogP contribution is 2.24. The van der Waals surface area contributed by atoms with E-state index in [9.17, 15) is 9.59 Å². The van der Waals surface area contributed by atoms with Crippen molar-refractivity contribution in [2.45, 2.75) is 46.6 Å². The number of nitrogens with one attached hydrogen (secondary N) is 2. The van der Waals surface area contributed by atoms with Crippen molar-refractivity contribution in [1.82, 2.24) is 30.6 Å². The van der Waals surface area contributed by atoms with Crippen molar-refractivity contribution in [3.8, 4) is 5.75 Å². The second-order valence-electron chi connectivity index (χ2n) is 8.83. The second kappa shape index (κ2) is 10.8. The number of halogens is 1. The Labute approximate surface area is 206 Å². The van der Waals surface area contributed by atoms with Crippen molar-refractivity contribution in [3.05, 3.63) is 57.4 Å². The van der Waals surface area contributed by atoms with Gasteiger partial charge in [0.1, 0.15) is 12.3 Å². The van der Waals surface area contributed by atoms with Gasteiger partial charge in [-0.1, -0.05) is 38.1 Å². The molecule has 2 aromatic heterocycles. The number of aromatic nitrogens is 4. The average Bonchev–Trinajstić information content (AvgIpc) is 3.35. The monoisotopic (exact) mass is 532 g/mol. The standard InChI is InChI=1S/C23H29BrN6O4/c1-14-20(24)15(2)30(28-14)12-18-27-22(34-29-18)21(32)26-11-10-25-19(31)13-33-17-8-6-16(7-9-17)23(3,4)5/h6-9H,10-13H2,1-5H3,(H,25,31)(H,26,32). The number of benzene rings is 1. The van der Waals surface area contributed by atoms with Gasteiger partial charge in [0.2, 0.25) is 0 Å². The first kappa shape index (κ1) is 25.4. The number of hydrogen-bond acceptors (Lipinski definition) is 7. The van der Waals surface area contributed by atoms with Crippen molar-refractivity contribution in [2.75, 3.05) is 19.7 Å². The molecular formula is C23H29BrN6O4. The Morgan fingerprint density at radius 2 is 1.79 bits per heavy atom. The first-order valence-corrected chi connectivity index (χ1v) is 11.6. The molecular weight excluding hydrogens is 504 g/mol. The smallest absolute Gasteiger partial charge is 0.316 e. The lowest BCUT2D eigenvalue weighted by molar-refractivity contribution is -0.123. The number of carbonyl (C=O) groups is 2. The highest BCUT2D eigenvalue weighted by Gasteiger charge is 2.17. The van der Waals surface area contributed by atoms with E-state index in [-0.39, 0.29) is 43.5 Å². The molecule has 0 fully saturated rings. The highest BCUT2D eigenvalue weighted by atomic mass is 79.9. The topological polar surface area (TPSA) is 124 Å². The fourth-order valence-corrected chi connectivity index (χ4v) is 3.36. The average molecular weight is 533 g/mol. The van der Waals surface area contributed by atoms with Gasteiger partial charge in [0.05, 0.1) is 15.9 Å². The van der Waals surface area contributed by atoms with Crippen molar-refractivity contribution in [1.29, 1.82) is 0 Å². The molecule has 3 rings (SSSR count). The third kappa shape index (κ3) is 6.66. The molecule has 0 bridgehead atoms. The van der Waals surface area contributed by atoms with Crippen LogP contribution in [0.2, 0.25) is 0 Å². The first-order valence-electron chi connectivity index (χ1n) is 10.8. The summed E-state index contributed by atoms with van der Waals surface area (Å²) in [5, 5.41) is 13.5. The molecule has 3 aromatic rings. The van der Waals surface area contributed by atoms with Crippen LogP contribution in [-0.4, -0.2) is 51.4 Å². The van der Waals surface area contributed by atoms with Gasteiger partial charge >= 0.3 is 11.8 Å². The molecule has 10 nitrogen and oxygen atoms in total. The molecule has 0 atom stereocenters. The fourth-order valence-electron chi connectivity index (χ4n) is 3.08. The van der Waals surface area contributed by atoms with Gasteiger partial charge in [-0.05, 0) is 52.9 Å². The molecule has 0 radical (unpaired) electrons. The van der Waals surface area contributed by atoms with Gasteiger partial charge in [-0.2, -0.15) is 10.1 Å². The van der Waals surface area contributed by atoms with Crippen LogP contribution in [0.4, 0.5) is 0 Å². The van der Waals surface area contributed by atoms with Gasteiger partial charge in [0, 0.05) is 13.1 Å². The lowest BCUT2D eigenvalue weighted by atomic mass is 9.87. The van der Waals surface area contributed by atoms with E-state index in [2.05, 4.69) is 62.6 Å². The SMILES string of the molecule is Cc1nn(Cc2noc(C(=O)NCCNC(=O)COc3ccc(C(C)(C)C)cc3)n2)c(C)c1Br. The molecule has 0 aliphatic carbocycles. The molecule has 11 heteroatoms. The van der Waals surface area contributed by atoms with Crippen molar-refractivity contribution >= 4 is 27.7 Å². The Morgan fingerprint density at radius 1 is 1.12 bits per heavy atom. The minimum Gasteiger partial charge on any atom is -0.484 e. The van der Waals surface area contributed by atoms with Gasteiger partial charge in [-0.3, -0.25) is 14.3 Å². The molecule has 0 unspecified atom stereocenters. The lowest BCUT2D eigenvalue weighted by Crippen LogP contribution is -2.36. The number of ether oxygens (including phenoxy) is 1. The van der Waals surface area contributed by atoms with Crippen LogP contribution in [0.15, 0.2) is 33.3 Å². The van der Waals surface area contributed by atoms with E-state index in [4.69, 9.17) is 9.26 Å². The van der Waals surface area contributed by atoms with Crippen molar-refractivity contribution in [3.63, 3.8) is 0 Å². The molecule has 0 aliphatic heterocycles. The summed E-state index contributed by atoms with van der Waals surface area (Å²) in [4.78, 5) is 28.3. The Hall–Kier alpha value is -3.21. The molecule has 0 saturated heterocycles. The van der Waals surface area contributed by atoms with E-state index in [0.29, 0.717) is 11.6 Å². The van der Waals surface area contributed by atoms with Crippen LogP contribution < -0.4 is 15.4 Å². The normalized spacial score (nSPS) is 11.4. The number of aryl methyl sites for hydroxylation is 1. The number of rotatable bonds is 9. The van der Waals surface area contributed by atoms with Crippen molar-refractivity contribution in [2.24, 2.45) is 0 Å². The van der Waals surface area contributed by atoms with E-state index < -0.39 is 5.91 Å². The van der Waals surface area contributed by atoms with Crippen molar-refractivity contribution < 1.29 is 18.8 Å². The molecule has 0 aliphatic rings. The van der Waals surface area contributed by atoms with Gasteiger partial charge < -0.3 is 19.9 Å². The summed E-state index contributed by atoms with van der Waals surface area (Å²) in [7, 11) is 0. The fraction of sp³-hybridized carbons (Fsp3) is 0.435. The maximum absolute atomic E-state index is 12.2. The summed E-state index contributed by atoms with van der Waals surface area (Å²) < 4.78 is 13.2. The number of hydrogen-bond donors (Lipinski definition) is 2. The van der Waals surface area contributed by atoms with Crippen LogP contribution in [0.25, 0.3) is 0 Å². The summed E-state index contributed by atoms with van der Waals surface area (Å²) in [6.45, 7) is 10.8. The molecule has 0 spiro atoms. The maximum atomic E-state index is 12.2. The molecule has 1 aromatic carbocycles. The summed E-state index contributed by atoms with van der Waals surface area (Å²) in [5.41, 5.74) is 3.02. The van der Waals surface area contributed by atoms with E-state index in [1.807, 2.05) is 38.1 Å². The highest BCUT2D eigenvalue weighted by molar-refractivity contribution is 9.10. The van der Waals surface area contributed by atoms with Gasteiger partial charge in [0.15, 0.2) is 12.4 Å². The summed E-state index contributed by atoms with van der Waals surface area (Å²) in [5.74, 6) is 0.00711. The van der Waals surface area contributed by atoms with Crippen LogP contribution in [0.1, 0.15) is 54.2 Å². The summed E-state index contributed by atoms with van der Waals surface area (Å²) in [6, 6.07) is 7.67. The predicted octanol–water partition coefficient (Wildman–Crippen LogP) is 2.92. The third-order valence-electron chi connectivity index (χ3n) is 5.07. The Bertz CT molecular complexity index is 1150. The lowest BCUT2D eigenvalue weighted by Gasteiger charge is -2.19. The summed E-state index contributed by atoms with van der Waals surface area (Å²) >= 11 is 3.47. The zero-order chi connectivity index (χ0) is 24.9. The van der Waals surface area contributed by atoms with Gasteiger partial charge in [0.25, 0.3) is 5.91 Å². The molecule has 2 amide bonds. The van der Waals surface area contributed by atoms with Gasteiger partial charge in [-0.25, -0.2) is 0 Å². The Balaban J connectivity index is 1.37. The van der Waals surface area contributed by atoms with E-state index in [1.54, 1.807) is 4.68 Å². The minimum absolute atomic E-state index is 0.0541. The quantitative estimate of drug-likeness (QED) is 0.406. The third-order valence-corrected chi connectivity index (χ3v) is 6.22. The Kier molecular flexibility index (Phi) is 8.08. The number of amides is 2.